The van der Waals surface area contributed by atoms with Crippen LogP contribution in [0.15, 0.2) is 24.8 Å². The summed E-state index contributed by atoms with van der Waals surface area (Å²) in [5.74, 6) is 0.140. The van der Waals surface area contributed by atoms with E-state index in [4.69, 9.17) is 10.5 Å². The van der Waals surface area contributed by atoms with Crippen molar-refractivity contribution < 1.29 is 9.13 Å². The summed E-state index contributed by atoms with van der Waals surface area (Å²) in [6.45, 7) is 3.91. The van der Waals surface area contributed by atoms with Gasteiger partial charge in [0.2, 0.25) is 0 Å². The molecule has 0 radical (unpaired) electrons. The largest absolute Gasteiger partial charge is 0.497 e. The summed E-state index contributed by atoms with van der Waals surface area (Å²) < 4.78 is 18.1. The first-order chi connectivity index (χ1) is 6.19. The number of benzene rings is 1. The van der Waals surface area contributed by atoms with Gasteiger partial charge in [0.1, 0.15) is 11.6 Å². The molecule has 2 nitrogen and oxygen atoms in total. The van der Waals surface area contributed by atoms with Crippen molar-refractivity contribution in [2.75, 3.05) is 13.7 Å². The molecule has 0 atom stereocenters. The Hall–Kier alpha value is -1.35. The Bertz CT molecular complexity index is 323. The first-order valence-electron chi connectivity index (χ1n) is 3.90. The number of rotatable bonds is 3. The van der Waals surface area contributed by atoms with Crippen molar-refractivity contribution in [1.82, 2.24) is 0 Å². The van der Waals surface area contributed by atoms with E-state index in [-0.39, 0.29) is 12.4 Å². The molecule has 0 bridgehead atoms. The Morgan fingerprint density at radius 2 is 2.31 bits per heavy atom. The standard InChI is InChI=1S/C10H12FNO/c1-7(6-12)9-4-3-8(13-2)5-10(9)11/h3-5H,1,6,12H2,2H3. The molecule has 1 aromatic carbocycles. The van der Waals surface area contributed by atoms with Gasteiger partial charge in [-0.25, -0.2) is 4.39 Å². The maximum Gasteiger partial charge on any atom is 0.134 e. The molecule has 0 spiro atoms. The molecule has 0 amide bonds. The van der Waals surface area contributed by atoms with Crippen LogP contribution >= 0.6 is 0 Å². The van der Waals surface area contributed by atoms with Gasteiger partial charge in [-0.1, -0.05) is 6.58 Å². The fraction of sp³-hybridized carbons (Fsp3) is 0.200. The molecule has 13 heavy (non-hydrogen) atoms. The zero-order valence-corrected chi connectivity index (χ0v) is 7.51. The lowest BCUT2D eigenvalue weighted by molar-refractivity contribution is 0.411. The molecule has 1 aromatic rings. The zero-order chi connectivity index (χ0) is 9.84. The summed E-state index contributed by atoms with van der Waals surface area (Å²) in [5.41, 5.74) is 6.38. The van der Waals surface area contributed by atoms with Crippen LogP contribution in [0.2, 0.25) is 0 Å². The highest BCUT2D eigenvalue weighted by atomic mass is 19.1. The van der Waals surface area contributed by atoms with Gasteiger partial charge in [0.05, 0.1) is 7.11 Å². The second-order valence-corrected chi connectivity index (χ2v) is 2.65. The van der Waals surface area contributed by atoms with Crippen LogP contribution in [-0.2, 0) is 0 Å². The molecule has 0 saturated heterocycles. The number of ether oxygens (including phenoxy) is 1. The SMILES string of the molecule is C=C(CN)c1ccc(OC)cc1F. The first-order valence-corrected chi connectivity index (χ1v) is 3.90. The van der Waals surface area contributed by atoms with Gasteiger partial charge in [0.25, 0.3) is 0 Å². The van der Waals surface area contributed by atoms with Crippen molar-refractivity contribution in [3.8, 4) is 5.75 Å². The van der Waals surface area contributed by atoms with Gasteiger partial charge in [0.15, 0.2) is 0 Å². The van der Waals surface area contributed by atoms with Gasteiger partial charge in [0, 0.05) is 18.2 Å². The molecule has 2 N–H and O–H groups in total. The van der Waals surface area contributed by atoms with Crippen LogP contribution in [0.1, 0.15) is 5.56 Å². The Kier molecular flexibility index (Phi) is 3.03. The summed E-state index contributed by atoms with van der Waals surface area (Å²) in [7, 11) is 1.49. The Labute approximate surface area is 76.8 Å². The van der Waals surface area contributed by atoms with E-state index in [9.17, 15) is 4.39 Å². The van der Waals surface area contributed by atoms with E-state index in [0.29, 0.717) is 16.9 Å². The molecular weight excluding hydrogens is 169 g/mol. The van der Waals surface area contributed by atoms with Gasteiger partial charge in [-0.05, 0) is 17.7 Å². The first kappa shape index (κ1) is 9.74. The highest BCUT2D eigenvalue weighted by Crippen LogP contribution is 2.20. The molecule has 1 rings (SSSR count). The predicted octanol–water partition coefficient (Wildman–Crippen LogP) is 1.81. The predicted molar refractivity (Wildman–Crippen MR) is 51.0 cm³/mol. The molecular formula is C10H12FNO. The minimum atomic E-state index is -0.352. The lowest BCUT2D eigenvalue weighted by atomic mass is 10.1. The van der Waals surface area contributed by atoms with E-state index >= 15 is 0 Å². The average Bonchev–Trinajstić information content (AvgIpc) is 2.16. The quantitative estimate of drug-likeness (QED) is 0.771. The molecule has 3 heteroatoms. The van der Waals surface area contributed by atoms with Crippen LogP contribution in [0, 0.1) is 5.82 Å². The maximum absolute atomic E-state index is 13.3. The van der Waals surface area contributed by atoms with Crippen molar-refractivity contribution in [1.29, 1.82) is 0 Å². The third kappa shape index (κ3) is 2.06. The summed E-state index contributed by atoms with van der Waals surface area (Å²) in [6, 6.07) is 4.61. The third-order valence-corrected chi connectivity index (χ3v) is 1.80. The van der Waals surface area contributed by atoms with Crippen molar-refractivity contribution in [2.24, 2.45) is 5.73 Å². The van der Waals surface area contributed by atoms with Crippen LogP contribution in [0.4, 0.5) is 4.39 Å². The highest BCUT2D eigenvalue weighted by molar-refractivity contribution is 5.65. The number of methoxy groups -OCH3 is 1. The molecule has 0 aliphatic carbocycles. The topological polar surface area (TPSA) is 35.2 Å². The van der Waals surface area contributed by atoms with E-state index in [1.54, 1.807) is 12.1 Å². The summed E-state index contributed by atoms with van der Waals surface area (Å²) in [6.07, 6.45) is 0. The summed E-state index contributed by atoms with van der Waals surface area (Å²) >= 11 is 0. The number of halogens is 1. The zero-order valence-electron chi connectivity index (χ0n) is 7.51. The molecule has 0 aliphatic heterocycles. The van der Waals surface area contributed by atoms with E-state index in [1.165, 1.54) is 13.2 Å². The van der Waals surface area contributed by atoms with Crippen LogP contribution in [-0.4, -0.2) is 13.7 Å². The Morgan fingerprint density at radius 1 is 1.62 bits per heavy atom. The summed E-state index contributed by atoms with van der Waals surface area (Å²) in [5, 5.41) is 0. The van der Waals surface area contributed by atoms with Crippen LogP contribution in [0.5, 0.6) is 5.75 Å². The van der Waals surface area contributed by atoms with Gasteiger partial charge in [-0.2, -0.15) is 0 Å². The summed E-state index contributed by atoms with van der Waals surface area (Å²) in [4.78, 5) is 0. The Morgan fingerprint density at radius 3 is 2.77 bits per heavy atom. The van der Waals surface area contributed by atoms with Crippen molar-refractivity contribution in [3.05, 3.63) is 36.2 Å². The molecule has 0 unspecified atom stereocenters. The van der Waals surface area contributed by atoms with Crippen molar-refractivity contribution in [3.63, 3.8) is 0 Å². The maximum atomic E-state index is 13.3. The van der Waals surface area contributed by atoms with E-state index in [2.05, 4.69) is 6.58 Å². The lowest BCUT2D eigenvalue weighted by Gasteiger charge is -2.06. The Balaban J connectivity index is 3.05. The third-order valence-electron chi connectivity index (χ3n) is 1.80. The number of nitrogens with two attached hydrogens (primary N) is 1. The van der Waals surface area contributed by atoms with Crippen molar-refractivity contribution >= 4 is 5.57 Å². The second kappa shape index (κ2) is 4.05. The van der Waals surface area contributed by atoms with Gasteiger partial charge in [-0.15, -0.1) is 0 Å². The number of hydrogen-bond donors (Lipinski definition) is 1. The van der Waals surface area contributed by atoms with Gasteiger partial charge < -0.3 is 10.5 Å². The highest BCUT2D eigenvalue weighted by Gasteiger charge is 2.05. The van der Waals surface area contributed by atoms with E-state index in [0.717, 1.165) is 0 Å². The molecule has 0 aromatic heterocycles. The molecule has 0 fully saturated rings. The van der Waals surface area contributed by atoms with Gasteiger partial charge in [-0.3, -0.25) is 0 Å². The van der Waals surface area contributed by atoms with E-state index in [1.807, 2.05) is 0 Å². The second-order valence-electron chi connectivity index (χ2n) is 2.65. The van der Waals surface area contributed by atoms with E-state index < -0.39 is 0 Å². The molecule has 70 valence electrons. The minimum Gasteiger partial charge on any atom is -0.497 e. The minimum absolute atomic E-state index is 0.253. The molecule has 0 saturated carbocycles. The monoisotopic (exact) mass is 181 g/mol. The van der Waals surface area contributed by atoms with Crippen molar-refractivity contribution in [2.45, 2.75) is 0 Å². The lowest BCUT2D eigenvalue weighted by Crippen LogP contribution is -2.02. The number of hydrogen-bond acceptors (Lipinski definition) is 2. The fourth-order valence-electron chi connectivity index (χ4n) is 1.02. The smallest absolute Gasteiger partial charge is 0.134 e. The molecule has 0 aliphatic rings. The normalized spacial score (nSPS) is 9.77. The molecule has 0 heterocycles. The average molecular weight is 181 g/mol. The van der Waals surface area contributed by atoms with Crippen LogP contribution in [0.25, 0.3) is 5.57 Å². The van der Waals surface area contributed by atoms with Gasteiger partial charge >= 0.3 is 0 Å². The van der Waals surface area contributed by atoms with Crippen LogP contribution < -0.4 is 10.5 Å². The fourth-order valence-corrected chi connectivity index (χ4v) is 1.02. The van der Waals surface area contributed by atoms with Crippen LogP contribution in [0.3, 0.4) is 0 Å².